The number of aromatic nitrogens is 3. The van der Waals surface area contributed by atoms with Gasteiger partial charge in [-0.15, -0.1) is 5.10 Å². The lowest BCUT2D eigenvalue weighted by Crippen LogP contribution is -2.41. The molecule has 0 unspecified atom stereocenters. The maximum absolute atomic E-state index is 12.4. The number of rotatable bonds is 4. The second kappa shape index (κ2) is 6.75. The van der Waals surface area contributed by atoms with Gasteiger partial charge >= 0.3 is 6.18 Å². The first kappa shape index (κ1) is 18.4. The van der Waals surface area contributed by atoms with Gasteiger partial charge in [0.15, 0.2) is 0 Å². The van der Waals surface area contributed by atoms with Gasteiger partial charge in [-0.3, -0.25) is 4.90 Å². The van der Waals surface area contributed by atoms with E-state index in [2.05, 4.69) is 36.2 Å². The Kier molecular flexibility index (Phi) is 4.98. The van der Waals surface area contributed by atoms with Crippen molar-refractivity contribution in [1.29, 1.82) is 0 Å². The van der Waals surface area contributed by atoms with Crippen LogP contribution < -0.4 is 5.32 Å². The zero-order valence-corrected chi connectivity index (χ0v) is 15.5. The molecular formula is C16H24F3N5S. The van der Waals surface area contributed by atoms with Crippen LogP contribution in [-0.2, 0) is 5.41 Å². The quantitative estimate of drug-likeness (QED) is 0.884. The molecular weight excluding hydrogens is 351 g/mol. The Balaban J connectivity index is 1.49. The lowest BCUT2D eigenvalue weighted by molar-refractivity contribution is -0.148. The number of nitrogens with zero attached hydrogens (tertiary/aromatic N) is 4. The van der Waals surface area contributed by atoms with E-state index in [1.54, 1.807) is 4.52 Å². The zero-order chi connectivity index (χ0) is 18.2. The van der Waals surface area contributed by atoms with Gasteiger partial charge in [-0.2, -0.15) is 13.2 Å². The summed E-state index contributed by atoms with van der Waals surface area (Å²) in [7, 11) is 0. The molecule has 3 rings (SSSR count). The molecule has 2 aromatic heterocycles. The average molecular weight is 375 g/mol. The van der Waals surface area contributed by atoms with Crippen molar-refractivity contribution in [3.05, 3.63) is 11.9 Å². The van der Waals surface area contributed by atoms with E-state index in [0.29, 0.717) is 19.0 Å². The number of likely N-dealkylation sites (tertiary alicyclic amines) is 1. The summed E-state index contributed by atoms with van der Waals surface area (Å²) >= 11 is 1.50. The van der Waals surface area contributed by atoms with Crippen molar-refractivity contribution < 1.29 is 13.2 Å². The predicted octanol–water partition coefficient (Wildman–Crippen LogP) is 3.77. The minimum atomic E-state index is -4.10. The standard InChI is InChI=1S/C16H24F3N5S/c1-15(2,3)12-9-24-14(21-12)25-13(22-24)20-8-11-4-6-23(7-5-11)10-16(17,18)19/h9,11H,4-8,10H2,1-3H3,(H,20,22). The molecule has 0 saturated carbocycles. The Labute approximate surface area is 149 Å². The normalized spacial score (nSPS) is 18.2. The first-order valence-electron chi connectivity index (χ1n) is 8.50. The smallest absolute Gasteiger partial charge is 0.360 e. The van der Waals surface area contributed by atoms with Crippen LogP contribution in [0, 0.1) is 5.92 Å². The van der Waals surface area contributed by atoms with E-state index in [4.69, 9.17) is 0 Å². The molecule has 3 heterocycles. The van der Waals surface area contributed by atoms with E-state index in [1.807, 2.05) is 6.20 Å². The van der Waals surface area contributed by atoms with Crippen molar-refractivity contribution >= 4 is 21.4 Å². The summed E-state index contributed by atoms with van der Waals surface area (Å²) in [5.41, 5.74) is 1.00. The van der Waals surface area contributed by atoms with Crippen LogP contribution in [0.5, 0.6) is 0 Å². The molecule has 0 radical (unpaired) electrons. The minimum Gasteiger partial charge on any atom is -0.360 e. The van der Waals surface area contributed by atoms with E-state index < -0.39 is 12.7 Å². The molecule has 1 N–H and O–H groups in total. The Bertz CT molecular complexity index is 676. The van der Waals surface area contributed by atoms with Crippen LogP contribution in [0.4, 0.5) is 18.3 Å². The number of piperidine rings is 1. The Morgan fingerprint density at radius 3 is 2.48 bits per heavy atom. The summed E-state index contributed by atoms with van der Waals surface area (Å²) in [6.45, 7) is 7.29. The van der Waals surface area contributed by atoms with E-state index in [9.17, 15) is 13.2 Å². The summed E-state index contributed by atoms with van der Waals surface area (Å²) < 4.78 is 39.0. The fraction of sp³-hybridized carbons (Fsp3) is 0.750. The van der Waals surface area contributed by atoms with E-state index >= 15 is 0 Å². The lowest BCUT2D eigenvalue weighted by atomic mass is 9.93. The zero-order valence-electron chi connectivity index (χ0n) is 14.7. The molecule has 1 aliphatic heterocycles. The van der Waals surface area contributed by atoms with Crippen LogP contribution in [0.15, 0.2) is 6.20 Å². The van der Waals surface area contributed by atoms with Gasteiger partial charge in [-0.1, -0.05) is 32.1 Å². The topological polar surface area (TPSA) is 45.5 Å². The highest BCUT2D eigenvalue weighted by molar-refractivity contribution is 7.20. The fourth-order valence-corrected chi connectivity index (χ4v) is 3.76. The van der Waals surface area contributed by atoms with Gasteiger partial charge in [0, 0.05) is 12.0 Å². The van der Waals surface area contributed by atoms with Crippen molar-refractivity contribution in [2.75, 3.05) is 31.5 Å². The number of hydrogen-bond acceptors (Lipinski definition) is 5. The Hall–Kier alpha value is -1.35. The highest BCUT2D eigenvalue weighted by Crippen LogP contribution is 2.27. The SMILES string of the molecule is CC(C)(C)c1cn2nc(NCC3CCN(CC(F)(F)F)CC3)sc2n1. The molecule has 140 valence electrons. The average Bonchev–Trinajstić information content (AvgIpc) is 3.02. The monoisotopic (exact) mass is 375 g/mol. The van der Waals surface area contributed by atoms with Crippen molar-refractivity contribution in [2.24, 2.45) is 5.92 Å². The first-order chi connectivity index (χ1) is 11.6. The molecule has 2 aromatic rings. The highest BCUT2D eigenvalue weighted by Gasteiger charge is 2.32. The Morgan fingerprint density at radius 1 is 1.24 bits per heavy atom. The number of hydrogen-bond donors (Lipinski definition) is 1. The van der Waals surface area contributed by atoms with Crippen molar-refractivity contribution in [3.8, 4) is 0 Å². The second-order valence-corrected chi connectivity index (χ2v) is 8.68. The molecule has 0 atom stereocenters. The number of halogens is 3. The van der Waals surface area contributed by atoms with Crippen molar-refractivity contribution in [1.82, 2.24) is 19.5 Å². The van der Waals surface area contributed by atoms with Crippen molar-refractivity contribution in [3.63, 3.8) is 0 Å². The van der Waals surface area contributed by atoms with Gasteiger partial charge in [0.2, 0.25) is 10.1 Å². The molecule has 5 nitrogen and oxygen atoms in total. The van der Waals surface area contributed by atoms with E-state index in [-0.39, 0.29) is 5.41 Å². The van der Waals surface area contributed by atoms with Gasteiger partial charge in [-0.25, -0.2) is 9.50 Å². The maximum Gasteiger partial charge on any atom is 0.401 e. The predicted molar refractivity (Wildman–Crippen MR) is 93.3 cm³/mol. The third-order valence-corrected chi connectivity index (χ3v) is 5.34. The lowest BCUT2D eigenvalue weighted by Gasteiger charge is -2.32. The Morgan fingerprint density at radius 2 is 1.92 bits per heavy atom. The number of imidazole rings is 1. The molecule has 0 aliphatic carbocycles. The third kappa shape index (κ3) is 4.84. The number of alkyl halides is 3. The molecule has 1 saturated heterocycles. The second-order valence-electron chi connectivity index (χ2n) is 7.73. The van der Waals surface area contributed by atoms with Crippen LogP contribution in [0.1, 0.15) is 39.3 Å². The van der Waals surface area contributed by atoms with Gasteiger partial charge < -0.3 is 5.32 Å². The number of fused-ring (bicyclic) bond motifs is 1. The summed E-state index contributed by atoms with van der Waals surface area (Å²) in [6.07, 6.45) is -0.598. The number of anilines is 1. The fourth-order valence-electron chi connectivity index (χ4n) is 2.97. The minimum absolute atomic E-state index is 0.00853. The van der Waals surface area contributed by atoms with Gasteiger partial charge in [-0.05, 0) is 31.8 Å². The highest BCUT2D eigenvalue weighted by atomic mass is 32.1. The first-order valence-corrected chi connectivity index (χ1v) is 9.31. The summed E-state index contributed by atoms with van der Waals surface area (Å²) in [5, 5.41) is 8.62. The van der Waals surface area contributed by atoms with Gasteiger partial charge in [0.1, 0.15) is 0 Å². The third-order valence-electron chi connectivity index (χ3n) is 4.46. The number of nitrogens with one attached hydrogen (secondary N) is 1. The molecule has 0 aromatic carbocycles. The van der Waals surface area contributed by atoms with Crippen LogP contribution in [-0.4, -0.2) is 51.9 Å². The van der Waals surface area contributed by atoms with Gasteiger partial charge in [0.05, 0.1) is 18.4 Å². The molecule has 0 spiro atoms. The van der Waals surface area contributed by atoms with Crippen LogP contribution in [0.3, 0.4) is 0 Å². The molecule has 1 aliphatic rings. The maximum atomic E-state index is 12.4. The van der Waals surface area contributed by atoms with E-state index in [1.165, 1.54) is 16.2 Å². The molecule has 1 fully saturated rings. The van der Waals surface area contributed by atoms with Gasteiger partial charge in [0.25, 0.3) is 0 Å². The summed E-state index contributed by atoms with van der Waals surface area (Å²) in [5.74, 6) is 0.380. The molecule has 0 bridgehead atoms. The van der Waals surface area contributed by atoms with Crippen LogP contribution in [0.25, 0.3) is 4.96 Å². The van der Waals surface area contributed by atoms with Crippen molar-refractivity contribution in [2.45, 2.75) is 45.2 Å². The molecule has 25 heavy (non-hydrogen) atoms. The largest absolute Gasteiger partial charge is 0.401 e. The summed E-state index contributed by atoms with van der Waals surface area (Å²) in [4.78, 5) is 6.95. The van der Waals surface area contributed by atoms with Crippen LogP contribution >= 0.6 is 11.3 Å². The summed E-state index contributed by atoms with van der Waals surface area (Å²) in [6, 6.07) is 0. The molecule has 0 amide bonds. The van der Waals surface area contributed by atoms with E-state index in [0.717, 1.165) is 35.2 Å². The van der Waals surface area contributed by atoms with Crippen LogP contribution in [0.2, 0.25) is 0 Å². The molecule has 9 heteroatoms.